The molecule has 0 saturated carbocycles. The van der Waals surface area contributed by atoms with E-state index in [-0.39, 0.29) is 11.1 Å². The highest BCUT2D eigenvalue weighted by Gasteiger charge is 2.28. The van der Waals surface area contributed by atoms with E-state index in [4.69, 9.17) is 9.26 Å². The largest absolute Gasteiger partial charge is 0.467 e. The van der Waals surface area contributed by atoms with Crippen molar-refractivity contribution in [3.63, 3.8) is 0 Å². The standard InChI is InChI=1S/C23H26N6O4S2/c1-4-19-27-22(33-28-19)29-11-9-15(10-12-29)14(2)32-23-26-18-7-6-17(25-21(18)34-23)16-5-8-20(24-13-16)35(3,30)31/h5-8,13-15H,4,9-12H2,1-3H3/t14-/m0/s1. The number of nitrogens with zero attached hydrogens (tertiary/aromatic N) is 6. The van der Waals surface area contributed by atoms with Gasteiger partial charge >= 0.3 is 6.01 Å². The normalized spacial score (nSPS) is 16.0. The number of hydrogen-bond acceptors (Lipinski definition) is 11. The molecule has 184 valence electrons. The summed E-state index contributed by atoms with van der Waals surface area (Å²) in [7, 11) is -3.34. The molecule has 10 nitrogen and oxygen atoms in total. The maximum atomic E-state index is 11.6. The number of aryl methyl sites for hydroxylation is 1. The minimum absolute atomic E-state index is 0.0128. The molecule has 1 atom stereocenters. The molecule has 4 aromatic heterocycles. The molecule has 0 unspecified atom stereocenters. The lowest BCUT2D eigenvalue weighted by molar-refractivity contribution is 0.131. The third-order valence-corrected chi connectivity index (χ3v) is 8.04. The number of pyridine rings is 2. The van der Waals surface area contributed by atoms with Gasteiger partial charge in [-0.05, 0) is 49.9 Å². The zero-order valence-corrected chi connectivity index (χ0v) is 21.3. The molecule has 5 heterocycles. The lowest BCUT2D eigenvalue weighted by Gasteiger charge is -2.33. The minimum Gasteiger partial charge on any atom is -0.467 e. The van der Waals surface area contributed by atoms with Crippen LogP contribution in [-0.4, -0.2) is 59.0 Å². The Hall–Kier alpha value is -3.12. The van der Waals surface area contributed by atoms with Crippen LogP contribution < -0.4 is 9.64 Å². The second kappa shape index (κ2) is 9.50. The summed E-state index contributed by atoms with van der Waals surface area (Å²) >= 11 is 1.40. The van der Waals surface area contributed by atoms with Crippen LogP contribution in [0.5, 0.6) is 5.19 Å². The van der Waals surface area contributed by atoms with Gasteiger partial charge in [0.1, 0.15) is 16.5 Å². The summed E-state index contributed by atoms with van der Waals surface area (Å²) in [5.41, 5.74) is 2.20. The van der Waals surface area contributed by atoms with Crippen LogP contribution in [0, 0.1) is 5.92 Å². The summed E-state index contributed by atoms with van der Waals surface area (Å²) in [5, 5.41) is 4.62. The third kappa shape index (κ3) is 5.13. The molecule has 0 aromatic carbocycles. The maximum Gasteiger partial charge on any atom is 0.324 e. The monoisotopic (exact) mass is 514 g/mol. The van der Waals surface area contributed by atoms with Crippen LogP contribution in [0.1, 0.15) is 32.5 Å². The summed E-state index contributed by atoms with van der Waals surface area (Å²) in [5.74, 6) is 1.13. The quantitative estimate of drug-likeness (QED) is 0.360. The third-order valence-electron chi connectivity index (χ3n) is 6.18. The van der Waals surface area contributed by atoms with Crippen LogP contribution in [-0.2, 0) is 16.3 Å². The predicted octanol–water partition coefficient (Wildman–Crippen LogP) is 3.79. The summed E-state index contributed by atoms with van der Waals surface area (Å²) in [6, 6.07) is 7.55. The first-order valence-electron chi connectivity index (χ1n) is 11.5. The lowest BCUT2D eigenvalue weighted by Crippen LogP contribution is -2.38. The molecule has 5 rings (SSSR count). The average molecular weight is 515 g/mol. The number of aromatic nitrogens is 5. The maximum absolute atomic E-state index is 11.6. The van der Waals surface area contributed by atoms with E-state index in [1.165, 1.54) is 23.6 Å². The Bertz CT molecular complexity index is 1430. The molecule has 0 amide bonds. The van der Waals surface area contributed by atoms with Crippen molar-refractivity contribution in [1.29, 1.82) is 0 Å². The SMILES string of the molecule is CCc1noc(N2CCC([C@H](C)Oc3nc4ccc(-c5ccc(S(C)(=O)=O)nc5)nc4s3)CC2)n1. The second-order valence-corrected chi connectivity index (χ2v) is 11.6. The molecule has 0 spiro atoms. The van der Waals surface area contributed by atoms with E-state index < -0.39 is 9.84 Å². The fourth-order valence-corrected chi connectivity index (χ4v) is 5.52. The lowest BCUT2D eigenvalue weighted by atomic mass is 9.92. The highest BCUT2D eigenvalue weighted by molar-refractivity contribution is 7.90. The Balaban J connectivity index is 1.23. The summed E-state index contributed by atoms with van der Waals surface area (Å²) in [6.07, 6.45) is 5.37. The highest BCUT2D eigenvalue weighted by Crippen LogP contribution is 2.32. The van der Waals surface area contributed by atoms with Crippen molar-refractivity contribution in [3.8, 4) is 16.5 Å². The van der Waals surface area contributed by atoms with Crippen LogP contribution in [0.3, 0.4) is 0 Å². The molecule has 0 aliphatic carbocycles. The van der Waals surface area contributed by atoms with Gasteiger partial charge in [0, 0.05) is 37.5 Å². The number of hydrogen-bond donors (Lipinski definition) is 0. The van der Waals surface area contributed by atoms with Crippen molar-refractivity contribution >= 4 is 37.5 Å². The molecular formula is C23H26N6O4S2. The molecule has 1 aliphatic heterocycles. The van der Waals surface area contributed by atoms with Gasteiger partial charge in [-0.15, -0.1) is 0 Å². The van der Waals surface area contributed by atoms with E-state index in [0.717, 1.165) is 60.3 Å². The average Bonchev–Trinajstić information content (AvgIpc) is 3.50. The van der Waals surface area contributed by atoms with Gasteiger partial charge in [-0.2, -0.15) is 4.98 Å². The van der Waals surface area contributed by atoms with Gasteiger partial charge < -0.3 is 14.2 Å². The fourth-order valence-electron chi connectivity index (χ4n) is 4.09. The number of sulfone groups is 1. The van der Waals surface area contributed by atoms with Gasteiger partial charge in [0.25, 0.3) is 5.19 Å². The van der Waals surface area contributed by atoms with Crippen LogP contribution in [0.4, 0.5) is 6.01 Å². The minimum atomic E-state index is -3.34. The van der Waals surface area contributed by atoms with Crippen LogP contribution in [0.25, 0.3) is 21.6 Å². The number of thiazole rings is 1. The van der Waals surface area contributed by atoms with E-state index in [1.54, 1.807) is 6.07 Å². The van der Waals surface area contributed by atoms with Gasteiger partial charge in [-0.25, -0.2) is 23.4 Å². The predicted molar refractivity (Wildman–Crippen MR) is 132 cm³/mol. The second-order valence-electron chi connectivity index (χ2n) is 8.65. The highest BCUT2D eigenvalue weighted by atomic mass is 32.2. The number of piperidine rings is 1. The van der Waals surface area contributed by atoms with Crippen LogP contribution in [0.2, 0.25) is 0 Å². The number of ether oxygens (including phenoxy) is 1. The van der Waals surface area contributed by atoms with E-state index in [2.05, 4.69) is 36.9 Å². The van der Waals surface area contributed by atoms with E-state index in [9.17, 15) is 8.42 Å². The van der Waals surface area contributed by atoms with Gasteiger partial charge in [0.05, 0.1) is 5.69 Å². The summed E-state index contributed by atoms with van der Waals surface area (Å²) in [6.45, 7) is 5.79. The van der Waals surface area contributed by atoms with E-state index in [1.807, 2.05) is 19.1 Å². The molecule has 0 radical (unpaired) electrons. The number of rotatable bonds is 7. The summed E-state index contributed by atoms with van der Waals surface area (Å²) in [4.78, 5) is 20.7. The molecule has 0 N–H and O–H groups in total. The first-order valence-corrected chi connectivity index (χ1v) is 14.2. The Labute approximate surface area is 207 Å². The Morgan fingerprint density at radius 1 is 1.17 bits per heavy atom. The van der Waals surface area contributed by atoms with Gasteiger partial charge in [-0.1, -0.05) is 23.4 Å². The van der Waals surface area contributed by atoms with Crippen LogP contribution in [0.15, 0.2) is 40.0 Å². The Morgan fingerprint density at radius 2 is 1.97 bits per heavy atom. The number of anilines is 1. The molecule has 4 aromatic rings. The molecule has 0 bridgehead atoms. The van der Waals surface area contributed by atoms with Gasteiger partial charge in [0.15, 0.2) is 20.7 Å². The van der Waals surface area contributed by atoms with Gasteiger partial charge in [-0.3, -0.25) is 0 Å². The summed E-state index contributed by atoms with van der Waals surface area (Å²) < 4.78 is 34.9. The smallest absolute Gasteiger partial charge is 0.324 e. The molecule has 35 heavy (non-hydrogen) atoms. The van der Waals surface area contributed by atoms with E-state index in [0.29, 0.717) is 22.8 Å². The Morgan fingerprint density at radius 3 is 2.63 bits per heavy atom. The van der Waals surface area contributed by atoms with Crippen molar-refractivity contribution in [2.45, 2.75) is 44.2 Å². The van der Waals surface area contributed by atoms with Crippen LogP contribution >= 0.6 is 11.3 Å². The van der Waals surface area contributed by atoms with Crippen molar-refractivity contribution in [3.05, 3.63) is 36.3 Å². The molecule has 1 saturated heterocycles. The first kappa shape index (κ1) is 23.6. The topological polar surface area (TPSA) is 124 Å². The van der Waals surface area contributed by atoms with Crippen molar-refractivity contribution in [1.82, 2.24) is 25.1 Å². The van der Waals surface area contributed by atoms with E-state index >= 15 is 0 Å². The van der Waals surface area contributed by atoms with Crippen molar-refractivity contribution in [2.75, 3.05) is 24.2 Å². The van der Waals surface area contributed by atoms with Gasteiger partial charge in [0.2, 0.25) is 0 Å². The zero-order valence-electron chi connectivity index (χ0n) is 19.7. The zero-order chi connectivity index (χ0) is 24.6. The first-order chi connectivity index (χ1) is 16.8. The molecule has 1 aliphatic rings. The molecule has 1 fully saturated rings. The van der Waals surface area contributed by atoms with Crippen molar-refractivity contribution in [2.24, 2.45) is 5.92 Å². The molecular weight excluding hydrogens is 488 g/mol. The van der Waals surface area contributed by atoms with Crippen molar-refractivity contribution < 1.29 is 17.7 Å². The number of fused-ring (bicyclic) bond motifs is 1. The fraction of sp³-hybridized carbons (Fsp3) is 0.435. The molecule has 12 heteroatoms. The Kier molecular flexibility index (Phi) is 6.41.